The molecule has 0 heterocycles. The number of amides is 2. The van der Waals surface area contributed by atoms with E-state index in [2.05, 4.69) is 38.5 Å². The molecule has 1 atom stereocenters. The summed E-state index contributed by atoms with van der Waals surface area (Å²) in [6, 6.07) is -1.02. The highest BCUT2D eigenvalue weighted by Gasteiger charge is 2.22. The first-order chi connectivity index (χ1) is 8.77. The molecule has 0 aromatic rings. The summed E-state index contributed by atoms with van der Waals surface area (Å²) in [5.74, 6) is -0.120. The zero-order valence-corrected chi connectivity index (χ0v) is 12.3. The summed E-state index contributed by atoms with van der Waals surface area (Å²) >= 11 is 0. The maximum atomic E-state index is 12.0. The van der Waals surface area contributed by atoms with Gasteiger partial charge in [-0.15, -0.1) is 0 Å². The number of rotatable bonds is 7. The molecule has 0 saturated heterocycles. The maximum Gasteiger partial charge on any atom is 0.257 e. The van der Waals surface area contributed by atoms with E-state index in [1.54, 1.807) is 0 Å². The van der Waals surface area contributed by atoms with Gasteiger partial charge in [-0.2, -0.15) is 0 Å². The first-order valence-electron chi connectivity index (χ1n) is 6.74. The zero-order valence-electron chi connectivity index (χ0n) is 12.3. The van der Waals surface area contributed by atoms with Crippen LogP contribution in [0.25, 0.3) is 0 Å². The molecule has 0 aliphatic rings. The van der Waals surface area contributed by atoms with E-state index in [-0.39, 0.29) is 11.8 Å². The Balaban J connectivity index is 4.35. The first kappa shape index (κ1) is 17.9. The van der Waals surface area contributed by atoms with E-state index >= 15 is 0 Å². The third kappa shape index (κ3) is 7.79. The van der Waals surface area contributed by atoms with E-state index in [1.165, 1.54) is 0 Å². The predicted molar refractivity (Wildman–Crippen MR) is 73.7 cm³/mol. The third-order valence-electron chi connectivity index (χ3n) is 2.73. The van der Waals surface area contributed by atoms with Gasteiger partial charge in [0.15, 0.2) is 0 Å². The topological polar surface area (TPSA) is 104 Å². The van der Waals surface area contributed by atoms with Gasteiger partial charge in [-0.05, 0) is 24.7 Å². The van der Waals surface area contributed by atoms with Crippen molar-refractivity contribution in [3.8, 4) is 0 Å². The van der Waals surface area contributed by atoms with Crippen molar-refractivity contribution in [1.29, 1.82) is 0 Å². The van der Waals surface area contributed by atoms with Crippen LogP contribution >= 0.6 is 0 Å². The minimum atomic E-state index is -1.02. The van der Waals surface area contributed by atoms with Gasteiger partial charge >= 0.3 is 0 Å². The molecule has 5 N–H and O–H groups in total. The lowest BCUT2D eigenvalue weighted by molar-refractivity contribution is -0.132. The average Bonchev–Trinajstić information content (AvgIpc) is 2.32. The van der Waals surface area contributed by atoms with Crippen molar-refractivity contribution < 1.29 is 14.7 Å². The van der Waals surface area contributed by atoms with Crippen molar-refractivity contribution in [2.45, 2.75) is 46.6 Å². The summed E-state index contributed by atoms with van der Waals surface area (Å²) in [5.41, 5.74) is 9.94. The number of aliphatic hydroxyl groups excluding tert-OH is 1. The van der Waals surface area contributed by atoms with Crippen LogP contribution in [0.15, 0.2) is 0 Å². The molecule has 0 radical (unpaired) electrons. The molecule has 0 fully saturated rings. The third-order valence-corrected chi connectivity index (χ3v) is 2.73. The van der Waals surface area contributed by atoms with E-state index in [0.717, 1.165) is 12.8 Å². The van der Waals surface area contributed by atoms with Crippen LogP contribution < -0.4 is 16.6 Å². The number of hydrazine groups is 1. The fraction of sp³-hybridized carbons (Fsp3) is 0.846. The Kier molecular flexibility index (Phi) is 8.34. The Hall–Kier alpha value is -1.14. The second-order valence-electron chi connectivity index (χ2n) is 5.72. The SMILES string of the molecule is CC(C)CC(CC(C)C)C(=O)NNC(=O)[C@H](N)CO. The highest BCUT2D eigenvalue weighted by Crippen LogP contribution is 2.19. The molecule has 6 heteroatoms. The Bertz CT molecular complexity index is 283. The molecule has 0 saturated carbocycles. The van der Waals surface area contributed by atoms with E-state index in [4.69, 9.17) is 10.8 Å². The quantitative estimate of drug-likeness (QED) is 0.496. The van der Waals surface area contributed by atoms with E-state index < -0.39 is 18.6 Å². The molecule has 19 heavy (non-hydrogen) atoms. The fourth-order valence-electron chi connectivity index (χ4n) is 1.85. The molecule has 0 bridgehead atoms. The van der Waals surface area contributed by atoms with Crippen molar-refractivity contribution in [1.82, 2.24) is 10.9 Å². The molecular weight excluding hydrogens is 246 g/mol. The van der Waals surface area contributed by atoms with Crippen LogP contribution in [0.3, 0.4) is 0 Å². The lowest BCUT2D eigenvalue weighted by Gasteiger charge is -2.21. The summed E-state index contributed by atoms with van der Waals surface area (Å²) in [6.07, 6.45) is 1.54. The van der Waals surface area contributed by atoms with Crippen molar-refractivity contribution in [2.24, 2.45) is 23.5 Å². The number of hydrogen-bond donors (Lipinski definition) is 4. The number of carbonyl (C=O) groups excluding carboxylic acids is 2. The Morgan fingerprint density at radius 3 is 1.79 bits per heavy atom. The van der Waals surface area contributed by atoms with Crippen molar-refractivity contribution in [2.75, 3.05) is 6.61 Å². The number of carbonyl (C=O) groups is 2. The minimum absolute atomic E-state index is 0.134. The summed E-state index contributed by atoms with van der Waals surface area (Å²) < 4.78 is 0. The van der Waals surface area contributed by atoms with Crippen molar-refractivity contribution in [3.05, 3.63) is 0 Å². The number of hydrogen-bond acceptors (Lipinski definition) is 4. The van der Waals surface area contributed by atoms with Gasteiger partial charge in [-0.3, -0.25) is 20.4 Å². The fourth-order valence-corrected chi connectivity index (χ4v) is 1.85. The second kappa shape index (κ2) is 8.87. The number of aliphatic hydroxyl groups is 1. The van der Waals surface area contributed by atoms with Crippen LogP contribution in [0.2, 0.25) is 0 Å². The molecule has 0 aromatic carbocycles. The van der Waals surface area contributed by atoms with E-state index in [0.29, 0.717) is 11.8 Å². The number of nitrogens with one attached hydrogen (secondary N) is 2. The molecule has 0 aromatic heterocycles. The van der Waals surface area contributed by atoms with Crippen LogP contribution in [0.1, 0.15) is 40.5 Å². The summed E-state index contributed by atoms with van der Waals surface area (Å²) in [6.45, 7) is 7.77. The van der Waals surface area contributed by atoms with Gasteiger partial charge in [0.2, 0.25) is 5.91 Å². The van der Waals surface area contributed by atoms with Gasteiger partial charge in [0, 0.05) is 5.92 Å². The van der Waals surface area contributed by atoms with Gasteiger partial charge in [-0.25, -0.2) is 0 Å². The van der Waals surface area contributed by atoms with Crippen LogP contribution in [-0.4, -0.2) is 29.6 Å². The lowest BCUT2D eigenvalue weighted by Crippen LogP contribution is -2.52. The van der Waals surface area contributed by atoms with Crippen molar-refractivity contribution >= 4 is 11.8 Å². The van der Waals surface area contributed by atoms with Crippen LogP contribution in [0.5, 0.6) is 0 Å². The first-order valence-corrected chi connectivity index (χ1v) is 6.74. The van der Waals surface area contributed by atoms with Gasteiger partial charge in [0.1, 0.15) is 6.04 Å². The monoisotopic (exact) mass is 273 g/mol. The van der Waals surface area contributed by atoms with Crippen molar-refractivity contribution in [3.63, 3.8) is 0 Å². The summed E-state index contributed by atoms with van der Waals surface area (Å²) in [5, 5.41) is 8.72. The molecule has 6 nitrogen and oxygen atoms in total. The molecular formula is C13H27N3O3. The largest absolute Gasteiger partial charge is 0.394 e. The van der Waals surface area contributed by atoms with Gasteiger partial charge in [-0.1, -0.05) is 27.7 Å². The molecule has 0 aliphatic heterocycles. The predicted octanol–water partition coefficient (Wildman–Crippen LogP) is 0.162. The van der Waals surface area contributed by atoms with Crippen LogP contribution in [-0.2, 0) is 9.59 Å². The maximum absolute atomic E-state index is 12.0. The van der Waals surface area contributed by atoms with Crippen LogP contribution in [0, 0.1) is 17.8 Å². The lowest BCUT2D eigenvalue weighted by atomic mass is 9.89. The molecule has 2 amide bonds. The zero-order chi connectivity index (χ0) is 15.0. The van der Waals surface area contributed by atoms with Crippen LogP contribution in [0.4, 0.5) is 0 Å². The van der Waals surface area contributed by atoms with Gasteiger partial charge in [0.05, 0.1) is 6.61 Å². The Labute approximate surface area is 115 Å². The summed E-state index contributed by atoms with van der Waals surface area (Å²) in [4.78, 5) is 23.3. The van der Waals surface area contributed by atoms with Gasteiger partial charge in [0.25, 0.3) is 5.91 Å². The summed E-state index contributed by atoms with van der Waals surface area (Å²) in [7, 11) is 0. The second-order valence-corrected chi connectivity index (χ2v) is 5.72. The normalized spacial score (nSPS) is 12.9. The highest BCUT2D eigenvalue weighted by molar-refractivity contribution is 5.85. The standard InChI is InChI=1S/C13H27N3O3/c1-8(2)5-10(6-9(3)4)12(18)15-16-13(19)11(14)7-17/h8-11,17H,5-7,14H2,1-4H3,(H,15,18)(H,16,19)/t11-/m1/s1. The highest BCUT2D eigenvalue weighted by atomic mass is 16.3. The molecule has 0 spiro atoms. The molecule has 0 unspecified atom stereocenters. The Morgan fingerprint density at radius 2 is 1.42 bits per heavy atom. The van der Waals surface area contributed by atoms with Gasteiger partial charge < -0.3 is 10.8 Å². The smallest absolute Gasteiger partial charge is 0.257 e. The Morgan fingerprint density at radius 1 is 1.00 bits per heavy atom. The molecule has 112 valence electrons. The van der Waals surface area contributed by atoms with E-state index in [1.807, 2.05) is 0 Å². The molecule has 0 aliphatic carbocycles. The number of nitrogens with two attached hydrogens (primary N) is 1. The van der Waals surface area contributed by atoms with E-state index in [9.17, 15) is 9.59 Å². The minimum Gasteiger partial charge on any atom is -0.394 e. The average molecular weight is 273 g/mol. The molecule has 0 rings (SSSR count).